The molecular weight excluding hydrogens is 413 g/mol. The van der Waals surface area contributed by atoms with Gasteiger partial charge in [0.05, 0.1) is 11.9 Å². The highest BCUT2D eigenvalue weighted by molar-refractivity contribution is 6.06. The van der Waals surface area contributed by atoms with Gasteiger partial charge in [-0.15, -0.1) is 0 Å². The lowest BCUT2D eigenvalue weighted by atomic mass is 9.99. The number of carbonyl (C=O) groups excluding carboxylic acids is 1. The fraction of sp³-hybridized carbons (Fsp3) is 0.0714. The number of hydrogen-bond donors (Lipinski definition) is 1. The molecule has 1 amide bonds. The van der Waals surface area contributed by atoms with E-state index in [4.69, 9.17) is 0 Å². The Balaban J connectivity index is 1.55. The van der Waals surface area contributed by atoms with Gasteiger partial charge in [0.15, 0.2) is 0 Å². The van der Waals surface area contributed by atoms with Crippen LogP contribution in [0.2, 0.25) is 0 Å². The maximum atomic E-state index is 14.4. The Kier molecular flexibility index (Phi) is 5.23. The number of imidazole rings is 1. The molecule has 1 N–H and O–H groups in total. The zero-order chi connectivity index (χ0) is 22.9. The van der Waals surface area contributed by atoms with Crippen LogP contribution in [0.3, 0.4) is 0 Å². The molecule has 5 rings (SSSR count). The maximum Gasteiger partial charge on any atom is 0.255 e. The molecule has 0 saturated carbocycles. The monoisotopic (exact) mass is 435 g/mol. The van der Waals surface area contributed by atoms with Crippen molar-refractivity contribution in [2.75, 3.05) is 5.32 Å². The Morgan fingerprint density at radius 3 is 2.45 bits per heavy atom. The quantitative estimate of drug-likeness (QED) is 0.342. The lowest BCUT2D eigenvalue weighted by molar-refractivity contribution is 0.102. The summed E-state index contributed by atoms with van der Waals surface area (Å²) in [6.07, 6.45) is 3.54. The number of aromatic nitrogens is 2. The second-order valence-electron chi connectivity index (χ2n) is 8.09. The van der Waals surface area contributed by atoms with Crippen molar-refractivity contribution in [1.82, 2.24) is 9.38 Å². The molecule has 3 aromatic carbocycles. The Hall–Kier alpha value is -4.25. The number of hydrogen-bond acceptors (Lipinski definition) is 2. The highest BCUT2D eigenvalue weighted by atomic mass is 19.1. The third-order valence-corrected chi connectivity index (χ3v) is 5.79. The van der Waals surface area contributed by atoms with E-state index in [1.165, 1.54) is 6.07 Å². The van der Waals surface area contributed by atoms with Crippen LogP contribution in [-0.4, -0.2) is 15.3 Å². The summed E-state index contributed by atoms with van der Waals surface area (Å²) in [5, 5.41) is 2.97. The molecule has 2 heterocycles. The summed E-state index contributed by atoms with van der Waals surface area (Å²) in [6, 6.07) is 24.0. The predicted molar refractivity (Wildman–Crippen MR) is 130 cm³/mol. The van der Waals surface area contributed by atoms with Gasteiger partial charge in [-0.3, -0.25) is 9.20 Å². The molecule has 0 radical (unpaired) electrons. The number of nitrogens with one attached hydrogen (secondary N) is 1. The molecule has 5 aromatic rings. The summed E-state index contributed by atoms with van der Waals surface area (Å²) in [5.74, 6) is -0.462. The van der Waals surface area contributed by atoms with E-state index >= 15 is 0 Å². The average molecular weight is 436 g/mol. The first-order valence-electron chi connectivity index (χ1n) is 10.7. The van der Waals surface area contributed by atoms with E-state index in [-0.39, 0.29) is 11.7 Å². The number of fused-ring (bicyclic) bond motifs is 1. The van der Waals surface area contributed by atoms with Crippen molar-refractivity contribution >= 4 is 17.2 Å². The Morgan fingerprint density at radius 1 is 0.909 bits per heavy atom. The van der Waals surface area contributed by atoms with Gasteiger partial charge in [-0.2, -0.15) is 0 Å². The first kappa shape index (κ1) is 20.6. The molecule has 0 bridgehead atoms. The number of amides is 1. The zero-order valence-electron chi connectivity index (χ0n) is 18.3. The first-order chi connectivity index (χ1) is 16.0. The van der Waals surface area contributed by atoms with Crippen LogP contribution in [-0.2, 0) is 0 Å². The topological polar surface area (TPSA) is 46.4 Å². The number of halogens is 1. The summed E-state index contributed by atoms with van der Waals surface area (Å²) in [6.45, 7) is 3.92. The van der Waals surface area contributed by atoms with Crippen molar-refractivity contribution in [3.8, 4) is 22.4 Å². The first-order valence-corrected chi connectivity index (χ1v) is 10.7. The van der Waals surface area contributed by atoms with Crippen molar-refractivity contribution in [2.24, 2.45) is 0 Å². The van der Waals surface area contributed by atoms with E-state index in [0.717, 1.165) is 27.9 Å². The molecule has 0 aliphatic heterocycles. The van der Waals surface area contributed by atoms with Gasteiger partial charge in [0.25, 0.3) is 5.91 Å². The second-order valence-corrected chi connectivity index (χ2v) is 8.09. The molecule has 33 heavy (non-hydrogen) atoms. The zero-order valence-corrected chi connectivity index (χ0v) is 18.3. The minimum absolute atomic E-state index is 0.166. The number of benzene rings is 3. The highest BCUT2D eigenvalue weighted by Gasteiger charge is 2.16. The van der Waals surface area contributed by atoms with Gasteiger partial charge in [-0.25, -0.2) is 9.37 Å². The molecule has 0 fully saturated rings. The number of carbonyl (C=O) groups is 1. The summed E-state index contributed by atoms with van der Waals surface area (Å²) in [7, 11) is 0. The van der Waals surface area contributed by atoms with E-state index in [9.17, 15) is 9.18 Å². The van der Waals surface area contributed by atoms with Gasteiger partial charge < -0.3 is 5.32 Å². The van der Waals surface area contributed by atoms with Gasteiger partial charge in [0.2, 0.25) is 0 Å². The van der Waals surface area contributed by atoms with Gasteiger partial charge in [-0.1, -0.05) is 42.0 Å². The lowest BCUT2D eigenvalue weighted by Gasteiger charge is -2.11. The number of aryl methyl sites for hydroxylation is 2. The normalized spacial score (nSPS) is 11.0. The van der Waals surface area contributed by atoms with Crippen LogP contribution < -0.4 is 5.32 Å². The van der Waals surface area contributed by atoms with Crippen molar-refractivity contribution in [2.45, 2.75) is 13.8 Å². The number of pyridine rings is 1. The maximum absolute atomic E-state index is 14.4. The highest BCUT2D eigenvalue weighted by Crippen LogP contribution is 2.30. The second kappa shape index (κ2) is 8.36. The van der Waals surface area contributed by atoms with Gasteiger partial charge in [0.1, 0.15) is 11.5 Å². The molecule has 0 spiro atoms. The van der Waals surface area contributed by atoms with Crippen molar-refractivity contribution in [3.63, 3.8) is 0 Å². The minimum atomic E-state index is -0.296. The number of nitrogens with zero attached hydrogens (tertiary/aromatic N) is 2. The van der Waals surface area contributed by atoms with Crippen LogP contribution in [0.5, 0.6) is 0 Å². The standard InChI is InChI=1S/C28H22FN3O/c1-18-9-13-21(14-10-18)31-28(33)24-16-20(12-11-19(24)2)22-7-5-15-32-26(17-30-27(22)32)23-6-3-4-8-25(23)29/h3-17H,1-2H3,(H,31,33). The lowest BCUT2D eigenvalue weighted by Crippen LogP contribution is -2.13. The van der Waals surface area contributed by atoms with E-state index in [1.54, 1.807) is 24.4 Å². The summed E-state index contributed by atoms with van der Waals surface area (Å²) < 4.78 is 16.3. The predicted octanol–water partition coefficient (Wildman–Crippen LogP) is 6.68. The van der Waals surface area contributed by atoms with Crippen molar-refractivity contribution in [3.05, 3.63) is 114 Å². The van der Waals surface area contributed by atoms with Gasteiger partial charge in [0, 0.05) is 28.6 Å². The van der Waals surface area contributed by atoms with Gasteiger partial charge >= 0.3 is 0 Å². The molecule has 0 saturated heterocycles. The fourth-order valence-electron chi connectivity index (χ4n) is 3.97. The van der Waals surface area contributed by atoms with E-state index in [0.29, 0.717) is 22.5 Å². The van der Waals surface area contributed by atoms with E-state index in [2.05, 4.69) is 10.3 Å². The third kappa shape index (κ3) is 3.89. The third-order valence-electron chi connectivity index (χ3n) is 5.79. The van der Waals surface area contributed by atoms with E-state index < -0.39 is 0 Å². The smallest absolute Gasteiger partial charge is 0.255 e. The Morgan fingerprint density at radius 2 is 1.67 bits per heavy atom. The SMILES string of the molecule is Cc1ccc(NC(=O)c2cc(-c3cccn4c(-c5ccccc5F)cnc34)ccc2C)cc1. The van der Waals surface area contributed by atoms with Crippen molar-refractivity contribution < 1.29 is 9.18 Å². The van der Waals surface area contributed by atoms with Crippen LogP contribution >= 0.6 is 0 Å². The molecule has 0 aliphatic rings. The van der Waals surface area contributed by atoms with Crippen LogP contribution in [0.1, 0.15) is 21.5 Å². The summed E-state index contributed by atoms with van der Waals surface area (Å²) in [5.41, 5.74) is 6.95. The fourth-order valence-corrected chi connectivity index (χ4v) is 3.97. The summed E-state index contributed by atoms with van der Waals surface area (Å²) >= 11 is 0. The Bertz CT molecular complexity index is 1490. The van der Waals surface area contributed by atoms with Crippen molar-refractivity contribution in [1.29, 1.82) is 0 Å². The molecule has 0 unspecified atom stereocenters. The van der Waals surface area contributed by atoms with Gasteiger partial charge in [-0.05, 0) is 67.4 Å². The molecule has 4 nitrogen and oxygen atoms in total. The van der Waals surface area contributed by atoms with Crippen LogP contribution in [0, 0.1) is 19.7 Å². The molecule has 0 atom stereocenters. The number of anilines is 1. The van der Waals surface area contributed by atoms with Crippen LogP contribution in [0.15, 0.2) is 91.3 Å². The van der Waals surface area contributed by atoms with Crippen LogP contribution in [0.4, 0.5) is 10.1 Å². The molecule has 0 aliphatic carbocycles. The molecular formula is C28H22FN3O. The van der Waals surface area contributed by atoms with E-state index in [1.807, 2.05) is 79.0 Å². The largest absolute Gasteiger partial charge is 0.322 e. The molecule has 5 heteroatoms. The minimum Gasteiger partial charge on any atom is -0.322 e. The summed E-state index contributed by atoms with van der Waals surface area (Å²) in [4.78, 5) is 17.6. The number of rotatable bonds is 4. The molecule has 162 valence electrons. The molecule has 2 aromatic heterocycles. The average Bonchev–Trinajstić information content (AvgIpc) is 3.25. The van der Waals surface area contributed by atoms with Crippen LogP contribution in [0.25, 0.3) is 28.0 Å². The Labute approximate surface area is 191 Å².